The van der Waals surface area contributed by atoms with Gasteiger partial charge < -0.3 is 26.2 Å². The minimum absolute atomic E-state index is 0.0993. The third kappa shape index (κ3) is 8.78. The van der Waals surface area contributed by atoms with Crippen LogP contribution in [0.5, 0.6) is 0 Å². The van der Waals surface area contributed by atoms with E-state index in [1.807, 2.05) is 54.6 Å². The van der Waals surface area contributed by atoms with Gasteiger partial charge in [0.2, 0.25) is 11.8 Å². The van der Waals surface area contributed by atoms with Gasteiger partial charge in [-0.15, -0.1) is 0 Å². The molecule has 9 heteroatoms. The van der Waals surface area contributed by atoms with Crippen molar-refractivity contribution in [2.75, 3.05) is 6.54 Å². The Labute approximate surface area is 188 Å². The van der Waals surface area contributed by atoms with Crippen molar-refractivity contribution >= 4 is 40.5 Å². The fraction of sp³-hybridized carbons (Fsp3) is 0.286. The maximum atomic E-state index is 12.1. The predicted octanol–water partition coefficient (Wildman–Crippen LogP) is 1.48. The summed E-state index contributed by atoms with van der Waals surface area (Å²) in [7, 11) is 0. The Bertz CT molecular complexity index is 845. The van der Waals surface area contributed by atoms with E-state index in [0.717, 1.165) is 14.7 Å². The molecule has 0 saturated carbocycles. The van der Waals surface area contributed by atoms with Crippen molar-refractivity contribution in [3.05, 3.63) is 69.3 Å². The number of carbonyl (C=O) groups is 3. The van der Waals surface area contributed by atoms with Crippen LogP contribution in [0.1, 0.15) is 17.5 Å². The second-order valence-electron chi connectivity index (χ2n) is 6.65. The van der Waals surface area contributed by atoms with Crippen molar-refractivity contribution in [3.8, 4) is 0 Å². The van der Waals surface area contributed by atoms with E-state index in [1.54, 1.807) is 0 Å². The van der Waals surface area contributed by atoms with E-state index in [0.29, 0.717) is 0 Å². The second-order valence-corrected chi connectivity index (χ2v) is 7.90. The van der Waals surface area contributed by atoms with E-state index in [1.165, 1.54) is 0 Å². The van der Waals surface area contributed by atoms with E-state index in [4.69, 9.17) is 10.5 Å². The molecule has 0 aliphatic heterocycles. The number of hydrogen-bond donors (Lipinski definition) is 4. The Morgan fingerprint density at radius 3 is 2.33 bits per heavy atom. The minimum atomic E-state index is -1.14. The molecular weight excluding hydrogens is 501 g/mol. The molecule has 2 aromatic carbocycles. The van der Waals surface area contributed by atoms with Crippen LogP contribution in [0, 0.1) is 3.57 Å². The summed E-state index contributed by atoms with van der Waals surface area (Å²) in [5.41, 5.74) is 7.06. The average molecular weight is 525 g/mol. The van der Waals surface area contributed by atoms with Gasteiger partial charge in [0.15, 0.2) is 0 Å². The number of rotatable bonds is 10. The standard InChI is InChI=1S/C21H24IN3O5/c22-16-8-6-14(7-9-16)10-18(20(23)28)25-19(27)11-17(26)12-24-21(29)30-13-15-4-2-1-3-5-15/h1-9,17-18,26H,10-13H2,(H2,23,28)(H,24,29)(H,25,27)/t17-,18-/m1/s1. The van der Waals surface area contributed by atoms with E-state index in [-0.39, 0.29) is 26.0 Å². The van der Waals surface area contributed by atoms with Crippen molar-refractivity contribution in [2.24, 2.45) is 5.73 Å². The lowest BCUT2D eigenvalue weighted by Crippen LogP contribution is -2.47. The van der Waals surface area contributed by atoms with Crippen LogP contribution in [0.2, 0.25) is 0 Å². The third-order valence-corrected chi connectivity index (χ3v) is 4.87. The van der Waals surface area contributed by atoms with Gasteiger partial charge in [-0.3, -0.25) is 9.59 Å². The molecule has 160 valence electrons. The molecular formula is C21H24IN3O5. The first-order valence-electron chi connectivity index (χ1n) is 9.29. The van der Waals surface area contributed by atoms with Gasteiger partial charge >= 0.3 is 6.09 Å². The number of alkyl carbamates (subject to hydrolysis) is 1. The number of hydrogen-bond acceptors (Lipinski definition) is 5. The van der Waals surface area contributed by atoms with Gasteiger partial charge in [0.1, 0.15) is 12.6 Å². The largest absolute Gasteiger partial charge is 0.445 e. The highest BCUT2D eigenvalue weighted by Crippen LogP contribution is 2.09. The smallest absolute Gasteiger partial charge is 0.407 e. The Morgan fingerprint density at radius 1 is 1.03 bits per heavy atom. The molecule has 0 fully saturated rings. The molecule has 2 atom stereocenters. The molecule has 3 amide bonds. The Kier molecular flexibility index (Phi) is 9.55. The molecule has 30 heavy (non-hydrogen) atoms. The summed E-state index contributed by atoms with van der Waals surface area (Å²) in [4.78, 5) is 35.5. The van der Waals surface area contributed by atoms with E-state index in [9.17, 15) is 19.5 Å². The summed E-state index contributed by atoms with van der Waals surface area (Å²) in [6.45, 7) is -0.0680. The topological polar surface area (TPSA) is 131 Å². The summed E-state index contributed by atoms with van der Waals surface area (Å²) >= 11 is 2.17. The molecule has 0 spiro atoms. The van der Waals surface area contributed by atoms with Gasteiger partial charge in [-0.05, 0) is 45.9 Å². The second kappa shape index (κ2) is 12.1. The van der Waals surface area contributed by atoms with E-state index >= 15 is 0 Å². The van der Waals surface area contributed by atoms with Gasteiger partial charge in [0.05, 0.1) is 12.5 Å². The van der Waals surface area contributed by atoms with Crippen LogP contribution in [-0.4, -0.2) is 41.7 Å². The van der Waals surface area contributed by atoms with Gasteiger partial charge in [0.25, 0.3) is 0 Å². The highest BCUT2D eigenvalue weighted by atomic mass is 127. The van der Waals surface area contributed by atoms with E-state index < -0.39 is 30.1 Å². The first-order valence-corrected chi connectivity index (χ1v) is 10.4. The van der Waals surface area contributed by atoms with Crippen LogP contribution in [0.4, 0.5) is 4.79 Å². The number of nitrogens with one attached hydrogen (secondary N) is 2. The van der Waals surface area contributed by atoms with Crippen LogP contribution in [0.25, 0.3) is 0 Å². The average Bonchev–Trinajstić information content (AvgIpc) is 2.72. The quantitative estimate of drug-likeness (QED) is 0.349. The van der Waals surface area contributed by atoms with Crippen LogP contribution in [0.15, 0.2) is 54.6 Å². The van der Waals surface area contributed by atoms with Gasteiger partial charge in [0, 0.05) is 16.5 Å². The number of amides is 3. The lowest BCUT2D eigenvalue weighted by molar-refractivity contribution is -0.128. The molecule has 0 heterocycles. The Hall–Kier alpha value is -2.66. The van der Waals surface area contributed by atoms with Crippen LogP contribution >= 0.6 is 22.6 Å². The number of carbonyl (C=O) groups excluding carboxylic acids is 3. The van der Waals surface area contributed by atoms with Crippen molar-refractivity contribution in [2.45, 2.75) is 31.6 Å². The summed E-state index contributed by atoms with van der Waals surface area (Å²) < 4.78 is 6.08. The molecule has 5 N–H and O–H groups in total. The van der Waals surface area contributed by atoms with Gasteiger partial charge in [-0.25, -0.2) is 4.79 Å². The van der Waals surface area contributed by atoms with Crippen LogP contribution in [-0.2, 0) is 27.4 Å². The number of primary amides is 1. The monoisotopic (exact) mass is 525 g/mol. The minimum Gasteiger partial charge on any atom is -0.445 e. The normalized spacial score (nSPS) is 12.5. The highest BCUT2D eigenvalue weighted by Gasteiger charge is 2.20. The summed E-state index contributed by atoms with van der Waals surface area (Å²) in [6, 6.07) is 15.7. The molecule has 2 aromatic rings. The lowest BCUT2D eigenvalue weighted by atomic mass is 10.1. The number of aliphatic hydroxyl groups is 1. The number of halogens is 1. The van der Waals surface area contributed by atoms with Crippen molar-refractivity contribution in [1.82, 2.24) is 10.6 Å². The first kappa shape index (κ1) is 23.6. The Morgan fingerprint density at radius 2 is 1.70 bits per heavy atom. The molecule has 0 aliphatic carbocycles. The maximum absolute atomic E-state index is 12.1. The summed E-state index contributed by atoms with van der Waals surface area (Å²) in [5.74, 6) is -1.21. The van der Waals surface area contributed by atoms with E-state index in [2.05, 4.69) is 33.2 Å². The SMILES string of the molecule is NC(=O)[C@@H](Cc1ccc(I)cc1)NC(=O)C[C@@H](O)CNC(=O)OCc1ccccc1. The maximum Gasteiger partial charge on any atom is 0.407 e. The fourth-order valence-corrected chi connectivity index (χ4v) is 2.95. The zero-order valence-corrected chi connectivity index (χ0v) is 18.4. The Balaban J connectivity index is 1.73. The zero-order chi connectivity index (χ0) is 21.9. The number of benzene rings is 2. The molecule has 0 aliphatic rings. The van der Waals surface area contributed by atoms with Crippen LogP contribution < -0.4 is 16.4 Å². The van der Waals surface area contributed by atoms with Crippen molar-refractivity contribution in [3.63, 3.8) is 0 Å². The molecule has 0 unspecified atom stereocenters. The number of ether oxygens (including phenoxy) is 1. The van der Waals surface area contributed by atoms with Gasteiger partial charge in [-0.2, -0.15) is 0 Å². The zero-order valence-electron chi connectivity index (χ0n) is 16.2. The molecule has 8 nitrogen and oxygen atoms in total. The molecule has 0 aromatic heterocycles. The van der Waals surface area contributed by atoms with Gasteiger partial charge in [-0.1, -0.05) is 42.5 Å². The number of nitrogens with two attached hydrogens (primary N) is 1. The lowest BCUT2D eigenvalue weighted by Gasteiger charge is -2.17. The predicted molar refractivity (Wildman–Crippen MR) is 119 cm³/mol. The fourth-order valence-electron chi connectivity index (χ4n) is 2.59. The summed E-state index contributed by atoms with van der Waals surface area (Å²) in [6.07, 6.45) is -1.89. The molecule has 2 rings (SSSR count). The van der Waals surface area contributed by atoms with Crippen molar-refractivity contribution in [1.29, 1.82) is 0 Å². The molecule has 0 bridgehead atoms. The third-order valence-electron chi connectivity index (χ3n) is 4.15. The summed E-state index contributed by atoms with van der Waals surface area (Å²) in [5, 5.41) is 14.9. The molecule has 0 saturated heterocycles. The number of aliphatic hydroxyl groups excluding tert-OH is 1. The highest BCUT2D eigenvalue weighted by molar-refractivity contribution is 14.1. The van der Waals surface area contributed by atoms with Crippen molar-refractivity contribution < 1.29 is 24.2 Å². The van der Waals surface area contributed by atoms with Crippen LogP contribution in [0.3, 0.4) is 0 Å². The first-order chi connectivity index (χ1) is 14.3. The molecule has 0 radical (unpaired) electrons.